The number of nitrogens with zero attached hydrogens (tertiary/aromatic N) is 2. The van der Waals surface area contributed by atoms with Crippen LogP contribution in [0.3, 0.4) is 0 Å². The third kappa shape index (κ3) is 3.64. The molecule has 0 radical (unpaired) electrons. The summed E-state index contributed by atoms with van der Waals surface area (Å²) in [5, 5.41) is 10.6. The minimum Gasteiger partial charge on any atom is -0.507 e. The zero-order valence-corrected chi connectivity index (χ0v) is 18.5. The van der Waals surface area contributed by atoms with Crippen LogP contribution in [0.4, 0.5) is 11.4 Å². The molecule has 0 spiro atoms. The Labute approximate surface area is 174 Å². The summed E-state index contributed by atoms with van der Waals surface area (Å²) in [5.74, 6) is 1.19. The maximum Gasteiger partial charge on any atom is 0.209 e. The molecule has 29 heavy (non-hydrogen) atoms. The van der Waals surface area contributed by atoms with Crippen LogP contribution in [0.2, 0.25) is 0 Å². The molecule has 0 bridgehead atoms. The molecule has 0 amide bonds. The second-order valence-corrected chi connectivity index (χ2v) is 7.76. The van der Waals surface area contributed by atoms with Gasteiger partial charge in [-0.15, -0.1) is 0 Å². The minimum atomic E-state index is -0.105. The van der Waals surface area contributed by atoms with Gasteiger partial charge in [-0.05, 0) is 57.5 Å². The van der Waals surface area contributed by atoms with E-state index in [0.717, 1.165) is 36.5 Å². The van der Waals surface area contributed by atoms with Crippen molar-refractivity contribution in [2.45, 2.75) is 39.5 Å². The van der Waals surface area contributed by atoms with E-state index in [1.54, 1.807) is 7.11 Å². The van der Waals surface area contributed by atoms with Crippen LogP contribution in [0, 0.1) is 0 Å². The molecule has 3 rings (SSSR count). The number of aromatic hydroxyl groups is 1. The van der Waals surface area contributed by atoms with Crippen molar-refractivity contribution in [2.75, 3.05) is 32.1 Å². The number of ether oxygens (including phenoxy) is 1. The summed E-state index contributed by atoms with van der Waals surface area (Å²) in [6.45, 7) is 10.6. The van der Waals surface area contributed by atoms with Crippen molar-refractivity contribution in [3.63, 3.8) is 0 Å². The number of phenols is 1. The van der Waals surface area contributed by atoms with Gasteiger partial charge in [0.15, 0.2) is 5.71 Å². The van der Waals surface area contributed by atoms with E-state index in [1.165, 1.54) is 17.0 Å². The number of phenolic OH excluding ortho intramolecular Hbond substituents is 1. The monoisotopic (exact) mass is 393 g/mol. The molecule has 2 aromatic rings. The van der Waals surface area contributed by atoms with Gasteiger partial charge in [0.1, 0.15) is 18.5 Å². The molecule has 1 N–H and O–H groups in total. The number of hydrogen-bond acceptors (Lipinski definition) is 3. The van der Waals surface area contributed by atoms with Crippen molar-refractivity contribution >= 4 is 23.2 Å². The number of methoxy groups -OCH3 is 1. The van der Waals surface area contributed by atoms with Gasteiger partial charge in [0.25, 0.3) is 0 Å². The average Bonchev–Trinajstić information content (AvgIpc) is 2.95. The van der Waals surface area contributed by atoms with Crippen LogP contribution in [0.25, 0.3) is 6.08 Å². The van der Waals surface area contributed by atoms with Crippen LogP contribution in [-0.2, 0) is 5.41 Å². The summed E-state index contributed by atoms with van der Waals surface area (Å²) < 4.78 is 7.70. The molecule has 154 valence electrons. The predicted octanol–water partition coefficient (Wildman–Crippen LogP) is 5.36. The molecular formula is C25H33N2O2+. The van der Waals surface area contributed by atoms with Gasteiger partial charge in [0.05, 0.1) is 12.5 Å². The van der Waals surface area contributed by atoms with Gasteiger partial charge in [0.2, 0.25) is 5.69 Å². The highest BCUT2D eigenvalue weighted by Crippen LogP contribution is 2.43. The Hall–Kier alpha value is -2.75. The summed E-state index contributed by atoms with van der Waals surface area (Å²) in [5.41, 5.74) is 5.47. The van der Waals surface area contributed by atoms with E-state index >= 15 is 0 Å². The van der Waals surface area contributed by atoms with Crippen molar-refractivity contribution in [3.8, 4) is 11.5 Å². The van der Waals surface area contributed by atoms with Crippen LogP contribution in [0.15, 0.2) is 42.5 Å². The Morgan fingerprint density at radius 1 is 1.07 bits per heavy atom. The Morgan fingerprint density at radius 2 is 1.79 bits per heavy atom. The summed E-state index contributed by atoms with van der Waals surface area (Å²) >= 11 is 0. The van der Waals surface area contributed by atoms with E-state index in [4.69, 9.17) is 4.74 Å². The molecule has 4 nitrogen and oxygen atoms in total. The number of allylic oxidation sites excluding steroid dienone is 1. The Balaban J connectivity index is 1.97. The minimum absolute atomic E-state index is 0.105. The van der Waals surface area contributed by atoms with Crippen LogP contribution in [0.5, 0.6) is 11.5 Å². The fourth-order valence-electron chi connectivity index (χ4n) is 4.31. The molecule has 0 fully saturated rings. The quantitative estimate of drug-likeness (QED) is 0.644. The van der Waals surface area contributed by atoms with E-state index in [9.17, 15) is 5.11 Å². The third-order valence-corrected chi connectivity index (χ3v) is 6.36. The lowest BCUT2D eigenvalue weighted by Gasteiger charge is -2.21. The third-order valence-electron chi connectivity index (χ3n) is 6.36. The van der Waals surface area contributed by atoms with Gasteiger partial charge >= 0.3 is 0 Å². The molecule has 0 aromatic heterocycles. The van der Waals surface area contributed by atoms with Gasteiger partial charge in [0, 0.05) is 48.1 Å². The van der Waals surface area contributed by atoms with Crippen molar-refractivity contribution in [1.29, 1.82) is 0 Å². The zero-order valence-electron chi connectivity index (χ0n) is 18.5. The lowest BCUT2D eigenvalue weighted by Crippen LogP contribution is -2.29. The van der Waals surface area contributed by atoms with Crippen LogP contribution in [-0.4, -0.2) is 42.6 Å². The normalized spacial score (nSPS) is 18.4. The maximum absolute atomic E-state index is 10.6. The topological polar surface area (TPSA) is 35.7 Å². The van der Waals surface area contributed by atoms with Crippen LogP contribution in [0.1, 0.15) is 45.2 Å². The first-order valence-corrected chi connectivity index (χ1v) is 10.4. The highest BCUT2D eigenvalue weighted by molar-refractivity contribution is 6.05. The lowest BCUT2D eigenvalue weighted by atomic mass is 9.77. The molecule has 4 heteroatoms. The molecule has 1 atom stereocenters. The summed E-state index contributed by atoms with van der Waals surface area (Å²) in [6.07, 6.45) is 5.14. The SMILES string of the molecule is CCN(CC)c1ccc(/C=C/C2=[N+](C)c3ccc(OC)cc3C2(C)CC)c(O)c1. The molecule has 1 unspecified atom stereocenters. The fourth-order valence-corrected chi connectivity index (χ4v) is 4.31. The number of hydrogen-bond donors (Lipinski definition) is 1. The second-order valence-electron chi connectivity index (χ2n) is 7.76. The van der Waals surface area contributed by atoms with Crippen LogP contribution < -0.4 is 9.64 Å². The number of anilines is 1. The Bertz CT molecular complexity index is 957. The molecule has 0 aliphatic carbocycles. The van der Waals surface area contributed by atoms with Crippen molar-refractivity contribution in [2.24, 2.45) is 0 Å². The van der Waals surface area contributed by atoms with Crippen molar-refractivity contribution in [1.82, 2.24) is 0 Å². The van der Waals surface area contributed by atoms with Gasteiger partial charge < -0.3 is 14.7 Å². The smallest absolute Gasteiger partial charge is 0.209 e. The molecular weight excluding hydrogens is 360 g/mol. The van der Waals surface area contributed by atoms with Crippen LogP contribution >= 0.6 is 0 Å². The Morgan fingerprint density at radius 3 is 2.38 bits per heavy atom. The number of fused-ring (bicyclic) bond motifs is 1. The van der Waals surface area contributed by atoms with E-state index in [-0.39, 0.29) is 5.41 Å². The largest absolute Gasteiger partial charge is 0.507 e. The Kier molecular flexibility index (Phi) is 6.02. The first kappa shape index (κ1) is 21.0. The van der Waals surface area contributed by atoms with E-state index in [2.05, 4.69) is 68.5 Å². The van der Waals surface area contributed by atoms with E-state index < -0.39 is 0 Å². The van der Waals surface area contributed by atoms with Crippen molar-refractivity contribution < 1.29 is 14.4 Å². The first-order chi connectivity index (χ1) is 13.9. The van der Waals surface area contributed by atoms with Crippen molar-refractivity contribution in [3.05, 3.63) is 53.6 Å². The highest BCUT2D eigenvalue weighted by Gasteiger charge is 2.45. The molecule has 1 aliphatic rings. The van der Waals surface area contributed by atoms with Gasteiger partial charge in [-0.2, -0.15) is 4.58 Å². The summed E-state index contributed by atoms with van der Waals surface area (Å²) in [7, 11) is 3.81. The number of rotatable bonds is 7. The zero-order chi connectivity index (χ0) is 21.2. The predicted molar refractivity (Wildman–Crippen MR) is 122 cm³/mol. The number of benzene rings is 2. The van der Waals surface area contributed by atoms with E-state index in [0.29, 0.717) is 5.75 Å². The fraction of sp³-hybridized carbons (Fsp3) is 0.400. The lowest BCUT2D eigenvalue weighted by molar-refractivity contribution is -0.401. The van der Waals surface area contributed by atoms with Gasteiger partial charge in [-0.1, -0.05) is 6.92 Å². The highest BCUT2D eigenvalue weighted by atomic mass is 16.5. The standard InChI is InChI=1S/C25H32N2O2/c1-7-25(4)21-17-20(29-6)13-14-22(21)26(5)24(25)15-11-18-10-12-19(16-23(18)28)27(8-2)9-3/h10-17H,7-9H2,1-6H3/p+1. The molecule has 0 saturated heterocycles. The first-order valence-electron chi connectivity index (χ1n) is 10.4. The van der Waals surface area contributed by atoms with E-state index in [1.807, 2.05) is 24.3 Å². The maximum atomic E-state index is 10.6. The second kappa shape index (κ2) is 8.32. The summed E-state index contributed by atoms with van der Waals surface area (Å²) in [6, 6.07) is 12.2. The van der Waals surface area contributed by atoms with Gasteiger partial charge in [-0.25, -0.2) is 0 Å². The summed E-state index contributed by atoms with van der Waals surface area (Å²) in [4.78, 5) is 2.23. The molecule has 1 heterocycles. The molecule has 1 aliphatic heterocycles. The molecule has 0 saturated carbocycles. The average molecular weight is 394 g/mol. The van der Waals surface area contributed by atoms with Gasteiger partial charge in [-0.3, -0.25) is 0 Å². The molecule has 2 aromatic carbocycles.